The van der Waals surface area contributed by atoms with Gasteiger partial charge in [0, 0.05) is 32.7 Å². The molecule has 0 radical (unpaired) electrons. The topological polar surface area (TPSA) is 77.0 Å². The van der Waals surface area contributed by atoms with Crippen LogP contribution in [-0.4, -0.2) is 73.4 Å². The van der Waals surface area contributed by atoms with Crippen molar-refractivity contribution in [1.82, 2.24) is 20.4 Å². The number of likely N-dealkylation sites (tertiary alicyclic amines) is 1. The SMILES string of the molecule is CN=C(NCC(=O)N1CCC(Cc2ccccc2)CC1)N(C)CC(=O)NC(C)(C)C.I. The fraction of sp³-hybridized carbons (Fsp3) is 0.609. The lowest BCUT2D eigenvalue weighted by atomic mass is 9.90. The molecule has 0 saturated carbocycles. The van der Waals surface area contributed by atoms with Crippen LogP contribution in [0, 0.1) is 5.92 Å². The molecule has 1 aliphatic heterocycles. The average Bonchev–Trinajstić information content (AvgIpc) is 2.68. The van der Waals surface area contributed by atoms with E-state index in [1.54, 1.807) is 19.0 Å². The lowest BCUT2D eigenvalue weighted by Crippen LogP contribution is -2.50. The maximum Gasteiger partial charge on any atom is 0.241 e. The highest BCUT2D eigenvalue weighted by molar-refractivity contribution is 14.0. The lowest BCUT2D eigenvalue weighted by Gasteiger charge is -2.32. The van der Waals surface area contributed by atoms with Gasteiger partial charge in [0.15, 0.2) is 5.96 Å². The summed E-state index contributed by atoms with van der Waals surface area (Å²) in [5, 5.41) is 6.02. The van der Waals surface area contributed by atoms with Gasteiger partial charge in [0.1, 0.15) is 0 Å². The molecule has 0 spiro atoms. The number of guanidine groups is 1. The van der Waals surface area contributed by atoms with Gasteiger partial charge in [-0.15, -0.1) is 24.0 Å². The Hall–Kier alpha value is -1.84. The molecule has 174 valence electrons. The summed E-state index contributed by atoms with van der Waals surface area (Å²) in [5.74, 6) is 1.15. The molecule has 2 N–H and O–H groups in total. The number of likely N-dealkylation sites (N-methyl/N-ethyl adjacent to an activating group) is 1. The predicted octanol–water partition coefficient (Wildman–Crippen LogP) is 2.51. The van der Waals surface area contributed by atoms with E-state index in [0.29, 0.717) is 11.9 Å². The average molecular weight is 543 g/mol. The zero-order valence-corrected chi connectivity index (χ0v) is 21.8. The molecule has 2 amide bonds. The second kappa shape index (κ2) is 12.9. The molecule has 0 bridgehead atoms. The Morgan fingerprint density at radius 3 is 2.32 bits per heavy atom. The van der Waals surface area contributed by atoms with E-state index in [1.807, 2.05) is 31.7 Å². The van der Waals surface area contributed by atoms with Crippen molar-refractivity contribution in [1.29, 1.82) is 0 Å². The van der Waals surface area contributed by atoms with Crippen molar-refractivity contribution in [3.63, 3.8) is 0 Å². The highest BCUT2D eigenvalue weighted by Gasteiger charge is 2.23. The second-order valence-electron chi connectivity index (χ2n) is 9.07. The third-order valence-electron chi connectivity index (χ3n) is 5.20. The first-order chi connectivity index (χ1) is 14.2. The number of amides is 2. The number of carbonyl (C=O) groups excluding carboxylic acids is 2. The first-order valence-corrected chi connectivity index (χ1v) is 10.7. The van der Waals surface area contributed by atoms with E-state index in [4.69, 9.17) is 0 Å². The van der Waals surface area contributed by atoms with Crippen molar-refractivity contribution in [2.45, 2.75) is 45.6 Å². The number of aliphatic imine (C=N–C) groups is 1. The molecule has 1 fully saturated rings. The number of benzene rings is 1. The minimum atomic E-state index is -0.280. The van der Waals surface area contributed by atoms with Gasteiger partial charge in [-0.1, -0.05) is 30.3 Å². The number of rotatable bonds is 6. The predicted molar refractivity (Wildman–Crippen MR) is 137 cm³/mol. The van der Waals surface area contributed by atoms with Crippen LogP contribution in [-0.2, 0) is 16.0 Å². The van der Waals surface area contributed by atoms with Gasteiger partial charge in [0.2, 0.25) is 11.8 Å². The van der Waals surface area contributed by atoms with E-state index in [-0.39, 0.29) is 54.4 Å². The molecule has 1 heterocycles. The van der Waals surface area contributed by atoms with Gasteiger partial charge in [0.25, 0.3) is 0 Å². The Balaban J connectivity index is 0.00000480. The van der Waals surface area contributed by atoms with E-state index >= 15 is 0 Å². The summed E-state index contributed by atoms with van der Waals surface area (Å²) in [7, 11) is 3.44. The van der Waals surface area contributed by atoms with Crippen LogP contribution >= 0.6 is 24.0 Å². The van der Waals surface area contributed by atoms with Crippen LogP contribution < -0.4 is 10.6 Å². The number of piperidine rings is 1. The van der Waals surface area contributed by atoms with Gasteiger partial charge in [-0.2, -0.15) is 0 Å². The second-order valence-corrected chi connectivity index (χ2v) is 9.07. The zero-order chi connectivity index (χ0) is 22.1. The third kappa shape index (κ3) is 9.88. The van der Waals surface area contributed by atoms with Crippen LogP contribution in [0.2, 0.25) is 0 Å². The normalized spacial score (nSPS) is 15.1. The molecule has 1 aromatic rings. The molecule has 1 saturated heterocycles. The summed E-state index contributed by atoms with van der Waals surface area (Å²) in [6, 6.07) is 10.5. The molecule has 0 aromatic heterocycles. The standard InChI is InChI=1S/C23H37N5O2.HI/c1-23(2,3)26-20(29)17-27(5)22(24-4)25-16-21(30)28-13-11-19(12-14-28)15-18-9-7-6-8-10-18;/h6-10,19H,11-17H2,1-5H3,(H,24,25)(H,26,29);1H. The Bertz CT molecular complexity index is 725. The Morgan fingerprint density at radius 1 is 1.16 bits per heavy atom. The summed E-state index contributed by atoms with van der Waals surface area (Å²) in [6.45, 7) is 7.77. The van der Waals surface area contributed by atoms with Gasteiger partial charge >= 0.3 is 0 Å². The Kier molecular flexibility index (Phi) is 11.3. The largest absolute Gasteiger partial charge is 0.350 e. The molecule has 0 atom stereocenters. The summed E-state index contributed by atoms with van der Waals surface area (Å²) >= 11 is 0. The molecular formula is C23H38IN5O2. The van der Waals surface area contributed by atoms with E-state index < -0.39 is 0 Å². The van der Waals surface area contributed by atoms with Gasteiger partial charge in [-0.05, 0) is 51.5 Å². The Morgan fingerprint density at radius 2 is 1.77 bits per heavy atom. The van der Waals surface area contributed by atoms with Crippen LogP contribution in [0.1, 0.15) is 39.2 Å². The highest BCUT2D eigenvalue weighted by Crippen LogP contribution is 2.21. The maximum absolute atomic E-state index is 12.6. The van der Waals surface area contributed by atoms with Crippen LogP contribution in [0.5, 0.6) is 0 Å². The highest BCUT2D eigenvalue weighted by atomic mass is 127. The number of hydrogen-bond donors (Lipinski definition) is 2. The van der Waals surface area contributed by atoms with Gasteiger partial charge in [-0.3, -0.25) is 14.6 Å². The first-order valence-electron chi connectivity index (χ1n) is 10.7. The lowest BCUT2D eigenvalue weighted by molar-refractivity contribution is -0.131. The minimum absolute atomic E-state index is 0. The quantitative estimate of drug-likeness (QED) is 0.329. The summed E-state index contributed by atoms with van der Waals surface area (Å²) in [4.78, 5) is 32.6. The number of hydrogen-bond acceptors (Lipinski definition) is 3. The maximum atomic E-state index is 12.6. The van der Waals surface area contributed by atoms with Crippen LogP contribution in [0.3, 0.4) is 0 Å². The van der Waals surface area contributed by atoms with Crippen molar-refractivity contribution >= 4 is 41.8 Å². The Labute approximate surface area is 204 Å². The van der Waals surface area contributed by atoms with Gasteiger partial charge < -0.3 is 20.4 Å². The van der Waals surface area contributed by atoms with Crippen molar-refractivity contribution in [2.75, 3.05) is 40.3 Å². The first kappa shape index (κ1) is 27.2. The number of carbonyl (C=O) groups is 2. The van der Waals surface area contributed by atoms with Crippen molar-refractivity contribution in [3.8, 4) is 0 Å². The fourth-order valence-corrected chi connectivity index (χ4v) is 3.73. The summed E-state index contributed by atoms with van der Waals surface area (Å²) < 4.78 is 0. The fourth-order valence-electron chi connectivity index (χ4n) is 3.73. The number of nitrogens with one attached hydrogen (secondary N) is 2. The van der Waals surface area contributed by atoms with E-state index in [0.717, 1.165) is 32.4 Å². The monoisotopic (exact) mass is 543 g/mol. The van der Waals surface area contributed by atoms with E-state index in [2.05, 4.69) is 39.9 Å². The molecule has 0 aliphatic carbocycles. The third-order valence-corrected chi connectivity index (χ3v) is 5.20. The van der Waals surface area contributed by atoms with Gasteiger partial charge in [0.05, 0.1) is 13.1 Å². The molecular weight excluding hydrogens is 505 g/mol. The van der Waals surface area contributed by atoms with Crippen LogP contribution in [0.4, 0.5) is 0 Å². The summed E-state index contributed by atoms with van der Waals surface area (Å²) in [6.07, 6.45) is 3.14. The molecule has 1 aromatic carbocycles. The van der Waals surface area contributed by atoms with E-state index in [9.17, 15) is 9.59 Å². The number of nitrogens with zero attached hydrogens (tertiary/aromatic N) is 3. The molecule has 1 aliphatic rings. The molecule has 2 rings (SSSR count). The number of halogens is 1. The van der Waals surface area contributed by atoms with Crippen molar-refractivity contribution in [2.24, 2.45) is 10.9 Å². The van der Waals surface area contributed by atoms with Gasteiger partial charge in [-0.25, -0.2) is 0 Å². The molecule has 0 unspecified atom stereocenters. The minimum Gasteiger partial charge on any atom is -0.350 e. The van der Waals surface area contributed by atoms with Crippen molar-refractivity contribution < 1.29 is 9.59 Å². The van der Waals surface area contributed by atoms with Crippen molar-refractivity contribution in [3.05, 3.63) is 35.9 Å². The molecule has 31 heavy (non-hydrogen) atoms. The molecule has 8 heteroatoms. The smallest absolute Gasteiger partial charge is 0.241 e. The molecule has 7 nitrogen and oxygen atoms in total. The zero-order valence-electron chi connectivity index (χ0n) is 19.5. The van der Waals surface area contributed by atoms with Crippen LogP contribution in [0.25, 0.3) is 0 Å². The van der Waals surface area contributed by atoms with Crippen LogP contribution in [0.15, 0.2) is 35.3 Å². The van der Waals surface area contributed by atoms with E-state index in [1.165, 1.54) is 5.56 Å². The summed E-state index contributed by atoms with van der Waals surface area (Å²) in [5.41, 5.74) is 1.09.